The molecule has 2 aromatic rings. The van der Waals surface area contributed by atoms with Gasteiger partial charge in [-0.2, -0.15) is 0 Å². The average Bonchev–Trinajstić information content (AvgIpc) is 2.46. The highest BCUT2D eigenvalue weighted by Crippen LogP contribution is 2.24. The van der Waals surface area contributed by atoms with Gasteiger partial charge in [-0.3, -0.25) is 0 Å². The van der Waals surface area contributed by atoms with Crippen LogP contribution in [0.4, 0.5) is 10.5 Å². The zero-order chi connectivity index (χ0) is 16.8. The van der Waals surface area contributed by atoms with Crippen LogP contribution in [0.15, 0.2) is 36.4 Å². The van der Waals surface area contributed by atoms with Crippen molar-refractivity contribution in [1.82, 2.24) is 5.32 Å². The number of hydrogen-bond donors (Lipinski definition) is 2. The molecular formula is C18H21ClN2O2. The minimum Gasteiger partial charge on any atom is -0.490 e. The van der Waals surface area contributed by atoms with Gasteiger partial charge in [0.05, 0.1) is 11.6 Å². The number of carbonyl (C=O) groups is 1. The van der Waals surface area contributed by atoms with E-state index in [9.17, 15) is 4.79 Å². The molecular weight excluding hydrogens is 312 g/mol. The number of halogens is 1. The number of anilines is 1. The quantitative estimate of drug-likeness (QED) is 0.794. The highest BCUT2D eigenvalue weighted by molar-refractivity contribution is 6.32. The molecule has 122 valence electrons. The summed E-state index contributed by atoms with van der Waals surface area (Å²) in [5, 5.41) is 6.13. The van der Waals surface area contributed by atoms with Crippen LogP contribution < -0.4 is 15.4 Å². The Labute approximate surface area is 141 Å². The van der Waals surface area contributed by atoms with Crippen LogP contribution in [0.25, 0.3) is 0 Å². The standard InChI is InChI=1S/C18H21ClN2O2/c1-12-4-5-16(19)17(11-12)23-7-6-20-18(22)21-15-9-13(2)8-14(3)10-15/h4-5,8-11H,6-7H2,1-3H3,(H2,20,21,22). The van der Waals surface area contributed by atoms with Crippen molar-refractivity contribution in [3.63, 3.8) is 0 Å². The summed E-state index contributed by atoms with van der Waals surface area (Å²) in [7, 11) is 0. The molecule has 2 amide bonds. The summed E-state index contributed by atoms with van der Waals surface area (Å²) in [6.45, 7) is 6.70. The molecule has 0 saturated heterocycles. The largest absolute Gasteiger partial charge is 0.490 e. The van der Waals surface area contributed by atoms with E-state index in [1.54, 1.807) is 6.07 Å². The average molecular weight is 333 g/mol. The van der Waals surface area contributed by atoms with Crippen LogP contribution in [0.5, 0.6) is 5.75 Å². The molecule has 0 spiro atoms. The molecule has 0 aliphatic carbocycles. The van der Waals surface area contributed by atoms with E-state index in [2.05, 4.69) is 16.7 Å². The number of rotatable bonds is 5. The molecule has 23 heavy (non-hydrogen) atoms. The van der Waals surface area contributed by atoms with Gasteiger partial charge in [0.2, 0.25) is 0 Å². The number of amides is 2. The number of aryl methyl sites for hydroxylation is 3. The van der Waals surface area contributed by atoms with E-state index in [-0.39, 0.29) is 6.03 Å². The summed E-state index contributed by atoms with van der Waals surface area (Å²) in [4.78, 5) is 11.9. The van der Waals surface area contributed by atoms with E-state index in [0.717, 1.165) is 22.4 Å². The van der Waals surface area contributed by atoms with Gasteiger partial charge < -0.3 is 15.4 Å². The maximum atomic E-state index is 11.9. The Kier molecular flexibility index (Phi) is 5.88. The monoisotopic (exact) mass is 332 g/mol. The van der Waals surface area contributed by atoms with Crippen LogP contribution >= 0.6 is 11.6 Å². The number of urea groups is 1. The number of hydrogen-bond acceptors (Lipinski definition) is 2. The lowest BCUT2D eigenvalue weighted by atomic mass is 10.1. The third-order valence-corrected chi connectivity index (χ3v) is 3.52. The molecule has 2 rings (SSSR count). The Morgan fingerprint density at radius 2 is 1.74 bits per heavy atom. The predicted octanol–water partition coefficient (Wildman–Crippen LogP) is 4.47. The van der Waals surface area contributed by atoms with E-state index in [0.29, 0.717) is 23.9 Å². The molecule has 2 N–H and O–H groups in total. The van der Waals surface area contributed by atoms with Crippen molar-refractivity contribution in [2.24, 2.45) is 0 Å². The van der Waals surface area contributed by atoms with Gasteiger partial charge in [-0.05, 0) is 61.7 Å². The normalized spacial score (nSPS) is 10.3. The lowest BCUT2D eigenvalue weighted by molar-refractivity contribution is 0.247. The highest BCUT2D eigenvalue weighted by Gasteiger charge is 2.04. The molecule has 0 atom stereocenters. The number of carbonyl (C=O) groups excluding carboxylic acids is 1. The van der Waals surface area contributed by atoms with E-state index < -0.39 is 0 Å². The molecule has 0 aliphatic heterocycles. The summed E-state index contributed by atoms with van der Waals surface area (Å²) in [6.07, 6.45) is 0. The zero-order valence-corrected chi connectivity index (χ0v) is 14.3. The topological polar surface area (TPSA) is 50.4 Å². The number of ether oxygens (including phenoxy) is 1. The van der Waals surface area contributed by atoms with Gasteiger partial charge in [0.25, 0.3) is 0 Å². The lowest BCUT2D eigenvalue weighted by Gasteiger charge is -2.11. The smallest absolute Gasteiger partial charge is 0.319 e. The summed E-state index contributed by atoms with van der Waals surface area (Å²) >= 11 is 6.05. The Bertz CT molecular complexity index is 681. The molecule has 0 radical (unpaired) electrons. The van der Waals surface area contributed by atoms with Gasteiger partial charge in [-0.1, -0.05) is 23.7 Å². The van der Waals surface area contributed by atoms with Crippen molar-refractivity contribution in [3.05, 3.63) is 58.1 Å². The number of nitrogens with one attached hydrogen (secondary N) is 2. The van der Waals surface area contributed by atoms with Crippen LogP contribution in [-0.4, -0.2) is 19.2 Å². The predicted molar refractivity (Wildman–Crippen MR) is 94.6 cm³/mol. The molecule has 4 nitrogen and oxygen atoms in total. The van der Waals surface area contributed by atoms with Gasteiger partial charge in [-0.25, -0.2) is 4.79 Å². The van der Waals surface area contributed by atoms with Crippen molar-refractivity contribution < 1.29 is 9.53 Å². The fraction of sp³-hybridized carbons (Fsp3) is 0.278. The second-order valence-electron chi connectivity index (χ2n) is 5.54. The lowest BCUT2D eigenvalue weighted by Crippen LogP contribution is -2.32. The van der Waals surface area contributed by atoms with Gasteiger partial charge >= 0.3 is 6.03 Å². The second kappa shape index (κ2) is 7.88. The summed E-state index contributed by atoms with van der Waals surface area (Å²) < 4.78 is 5.58. The molecule has 2 aromatic carbocycles. The molecule has 0 unspecified atom stereocenters. The highest BCUT2D eigenvalue weighted by atomic mass is 35.5. The maximum absolute atomic E-state index is 11.9. The van der Waals surface area contributed by atoms with Crippen LogP contribution in [0, 0.1) is 20.8 Å². The SMILES string of the molecule is Cc1cc(C)cc(NC(=O)NCCOc2cc(C)ccc2Cl)c1. The maximum Gasteiger partial charge on any atom is 0.319 e. The first-order valence-electron chi connectivity index (χ1n) is 7.46. The molecule has 0 bridgehead atoms. The Morgan fingerprint density at radius 1 is 1.04 bits per heavy atom. The summed E-state index contributed by atoms with van der Waals surface area (Å²) in [5.74, 6) is 0.628. The van der Waals surface area contributed by atoms with Gasteiger partial charge in [0.15, 0.2) is 0 Å². The van der Waals surface area contributed by atoms with Crippen molar-refractivity contribution in [3.8, 4) is 5.75 Å². The zero-order valence-electron chi connectivity index (χ0n) is 13.6. The van der Waals surface area contributed by atoms with Gasteiger partial charge in [0.1, 0.15) is 12.4 Å². The van der Waals surface area contributed by atoms with Crippen LogP contribution in [0.3, 0.4) is 0 Å². The summed E-state index contributed by atoms with van der Waals surface area (Å²) in [5.41, 5.74) is 4.07. The van der Waals surface area contributed by atoms with Crippen LogP contribution in [0.1, 0.15) is 16.7 Å². The van der Waals surface area contributed by atoms with Gasteiger partial charge in [-0.15, -0.1) is 0 Å². The van der Waals surface area contributed by atoms with E-state index in [1.165, 1.54) is 0 Å². The fourth-order valence-corrected chi connectivity index (χ4v) is 2.44. The minimum atomic E-state index is -0.256. The Balaban J connectivity index is 1.77. The van der Waals surface area contributed by atoms with Crippen LogP contribution in [-0.2, 0) is 0 Å². The third kappa shape index (κ3) is 5.49. The van der Waals surface area contributed by atoms with Gasteiger partial charge in [0, 0.05) is 5.69 Å². The first kappa shape index (κ1) is 17.2. The molecule has 5 heteroatoms. The number of benzene rings is 2. The second-order valence-corrected chi connectivity index (χ2v) is 5.95. The van der Waals surface area contributed by atoms with Crippen molar-refractivity contribution >= 4 is 23.3 Å². The minimum absolute atomic E-state index is 0.256. The molecule has 0 heterocycles. The first-order valence-corrected chi connectivity index (χ1v) is 7.84. The van der Waals surface area contributed by atoms with Crippen molar-refractivity contribution in [2.45, 2.75) is 20.8 Å². The summed E-state index contributed by atoms with van der Waals surface area (Å²) in [6, 6.07) is 11.2. The first-order chi connectivity index (χ1) is 10.9. The van der Waals surface area contributed by atoms with E-state index >= 15 is 0 Å². The van der Waals surface area contributed by atoms with Crippen molar-refractivity contribution in [1.29, 1.82) is 0 Å². The Morgan fingerprint density at radius 3 is 2.43 bits per heavy atom. The van der Waals surface area contributed by atoms with E-state index in [1.807, 2.05) is 45.0 Å². The third-order valence-electron chi connectivity index (χ3n) is 3.21. The molecule has 0 aromatic heterocycles. The van der Waals surface area contributed by atoms with Crippen molar-refractivity contribution in [2.75, 3.05) is 18.5 Å². The van der Waals surface area contributed by atoms with E-state index in [4.69, 9.17) is 16.3 Å². The molecule has 0 fully saturated rings. The van der Waals surface area contributed by atoms with Crippen LogP contribution in [0.2, 0.25) is 5.02 Å². The fourth-order valence-electron chi connectivity index (χ4n) is 2.27. The Hall–Kier alpha value is -2.20. The molecule has 0 aliphatic rings. The molecule has 0 saturated carbocycles.